The van der Waals surface area contributed by atoms with Gasteiger partial charge in [0.2, 0.25) is 0 Å². The summed E-state index contributed by atoms with van der Waals surface area (Å²) in [7, 11) is 2.02. The number of hydrogen-bond acceptors (Lipinski definition) is 4. The lowest BCUT2D eigenvalue weighted by Crippen LogP contribution is -2.27. The Bertz CT molecular complexity index is 788. The molecule has 0 spiro atoms. The van der Waals surface area contributed by atoms with Gasteiger partial charge in [0.15, 0.2) is 0 Å². The Kier molecular flexibility index (Phi) is 12.1. The van der Waals surface area contributed by atoms with E-state index in [1.807, 2.05) is 7.05 Å². The van der Waals surface area contributed by atoms with Gasteiger partial charge in [-0.15, -0.1) is 23.2 Å². The molecule has 5 nitrogen and oxygen atoms in total. The number of esters is 1. The second kappa shape index (κ2) is 14.6. The molecule has 31 heavy (non-hydrogen) atoms. The second-order valence-electron chi connectivity index (χ2n) is 7.97. The summed E-state index contributed by atoms with van der Waals surface area (Å²) in [4.78, 5) is 19.0. The molecule has 0 saturated carbocycles. The lowest BCUT2D eigenvalue weighted by Gasteiger charge is -2.22. The SMILES string of the molecule is CCCCCCCCOC(=O)CCCc1nc2cc(N(CCCl)CCCl)ccc2n1C. The van der Waals surface area contributed by atoms with Crippen molar-refractivity contribution in [1.82, 2.24) is 9.55 Å². The minimum atomic E-state index is -0.104. The van der Waals surface area contributed by atoms with E-state index in [2.05, 4.69) is 34.6 Å². The minimum Gasteiger partial charge on any atom is -0.466 e. The third-order valence-corrected chi connectivity index (χ3v) is 5.91. The second-order valence-corrected chi connectivity index (χ2v) is 8.72. The molecule has 0 aliphatic carbocycles. The van der Waals surface area contributed by atoms with Crippen molar-refractivity contribution in [2.75, 3.05) is 36.4 Å². The molecule has 0 aliphatic heterocycles. The molecule has 174 valence electrons. The normalized spacial score (nSPS) is 11.2. The molecule has 0 amide bonds. The number of aromatic nitrogens is 2. The van der Waals surface area contributed by atoms with Crippen molar-refractivity contribution in [2.45, 2.75) is 64.7 Å². The van der Waals surface area contributed by atoms with Crippen LogP contribution in [-0.4, -0.2) is 47.0 Å². The standard InChI is InChI=1S/C24H37Cl2N3O2/c1-3-4-5-6-7-8-18-31-24(30)11-9-10-23-27-21-19-20(12-13-22(21)28(23)2)29(16-14-25)17-15-26/h12-13,19H,3-11,14-18H2,1-2H3. The predicted molar refractivity (Wildman–Crippen MR) is 132 cm³/mol. The molecular formula is C24H37Cl2N3O2. The number of aryl methyl sites for hydroxylation is 2. The first kappa shape index (κ1) is 25.8. The van der Waals surface area contributed by atoms with Crippen LogP contribution < -0.4 is 4.90 Å². The Balaban J connectivity index is 1.81. The van der Waals surface area contributed by atoms with Crippen molar-refractivity contribution in [3.8, 4) is 0 Å². The molecule has 1 aromatic heterocycles. The summed E-state index contributed by atoms with van der Waals surface area (Å²) in [6.07, 6.45) is 9.09. The van der Waals surface area contributed by atoms with Crippen LogP contribution in [0, 0.1) is 0 Å². The highest BCUT2D eigenvalue weighted by atomic mass is 35.5. The Morgan fingerprint density at radius 3 is 2.48 bits per heavy atom. The van der Waals surface area contributed by atoms with Crippen LogP contribution in [0.5, 0.6) is 0 Å². The van der Waals surface area contributed by atoms with E-state index in [0.29, 0.717) is 24.8 Å². The zero-order chi connectivity index (χ0) is 22.5. The van der Waals surface area contributed by atoms with Crippen molar-refractivity contribution in [3.05, 3.63) is 24.0 Å². The molecule has 0 fully saturated rings. The number of unbranched alkanes of at least 4 members (excludes halogenated alkanes) is 5. The minimum absolute atomic E-state index is 0.104. The third kappa shape index (κ3) is 8.53. The number of halogens is 2. The monoisotopic (exact) mass is 469 g/mol. The number of ether oxygens (including phenoxy) is 1. The van der Waals surface area contributed by atoms with E-state index in [0.717, 1.165) is 61.3 Å². The number of carbonyl (C=O) groups is 1. The van der Waals surface area contributed by atoms with Gasteiger partial charge >= 0.3 is 5.97 Å². The van der Waals surface area contributed by atoms with Crippen molar-refractivity contribution < 1.29 is 9.53 Å². The number of imidazole rings is 1. The predicted octanol–water partition coefficient (Wildman–Crippen LogP) is 6.08. The van der Waals surface area contributed by atoms with Gasteiger partial charge in [0.25, 0.3) is 0 Å². The van der Waals surface area contributed by atoms with Crippen LogP contribution >= 0.6 is 23.2 Å². The number of rotatable bonds is 16. The van der Waals surface area contributed by atoms with E-state index in [1.165, 1.54) is 25.7 Å². The fraction of sp³-hybridized carbons (Fsp3) is 0.667. The molecule has 0 aliphatic rings. The highest BCUT2D eigenvalue weighted by Gasteiger charge is 2.12. The van der Waals surface area contributed by atoms with E-state index in [4.69, 9.17) is 32.9 Å². The molecule has 7 heteroatoms. The van der Waals surface area contributed by atoms with Gasteiger partial charge in [-0.05, 0) is 31.0 Å². The number of benzene rings is 1. The highest BCUT2D eigenvalue weighted by molar-refractivity contribution is 6.18. The topological polar surface area (TPSA) is 47.4 Å². The van der Waals surface area contributed by atoms with E-state index < -0.39 is 0 Å². The van der Waals surface area contributed by atoms with E-state index >= 15 is 0 Å². The first-order valence-corrected chi connectivity index (χ1v) is 12.7. The van der Waals surface area contributed by atoms with Gasteiger partial charge < -0.3 is 14.2 Å². The van der Waals surface area contributed by atoms with Gasteiger partial charge in [-0.1, -0.05) is 39.0 Å². The zero-order valence-corrected chi connectivity index (χ0v) is 20.6. The van der Waals surface area contributed by atoms with Gasteiger partial charge in [-0.3, -0.25) is 4.79 Å². The molecule has 0 N–H and O–H groups in total. The summed E-state index contributed by atoms with van der Waals surface area (Å²) < 4.78 is 7.48. The van der Waals surface area contributed by atoms with Crippen LogP contribution in [-0.2, 0) is 23.0 Å². The third-order valence-electron chi connectivity index (χ3n) is 5.57. The zero-order valence-electron chi connectivity index (χ0n) is 19.0. The maximum absolute atomic E-state index is 12.0. The van der Waals surface area contributed by atoms with E-state index in [1.54, 1.807) is 0 Å². The summed E-state index contributed by atoms with van der Waals surface area (Å²) >= 11 is 11.9. The van der Waals surface area contributed by atoms with Gasteiger partial charge in [0.1, 0.15) is 5.82 Å². The van der Waals surface area contributed by atoms with Gasteiger partial charge in [0.05, 0.1) is 17.6 Å². The lowest BCUT2D eigenvalue weighted by molar-refractivity contribution is -0.143. The number of carbonyl (C=O) groups excluding carboxylic acids is 1. The Morgan fingerprint density at radius 2 is 1.77 bits per heavy atom. The number of nitrogens with zero attached hydrogens (tertiary/aromatic N) is 3. The molecule has 0 unspecified atom stereocenters. The number of fused-ring (bicyclic) bond motifs is 1. The van der Waals surface area contributed by atoms with Crippen LogP contribution in [0.2, 0.25) is 0 Å². The largest absolute Gasteiger partial charge is 0.466 e. The maximum Gasteiger partial charge on any atom is 0.305 e. The maximum atomic E-state index is 12.0. The fourth-order valence-electron chi connectivity index (χ4n) is 3.76. The van der Waals surface area contributed by atoms with Crippen molar-refractivity contribution in [1.29, 1.82) is 0 Å². The summed E-state index contributed by atoms with van der Waals surface area (Å²) in [5, 5.41) is 0. The van der Waals surface area contributed by atoms with Crippen molar-refractivity contribution in [3.63, 3.8) is 0 Å². The van der Waals surface area contributed by atoms with Crippen LogP contribution in [0.1, 0.15) is 64.1 Å². The van der Waals surface area contributed by atoms with E-state index in [9.17, 15) is 4.79 Å². The molecule has 2 rings (SSSR count). The van der Waals surface area contributed by atoms with Gasteiger partial charge in [-0.25, -0.2) is 4.98 Å². The Labute approximate surface area is 197 Å². The molecule has 1 heterocycles. The molecule has 1 aromatic carbocycles. The highest BCUT2D eigenvalue weighted by Crippen LogP contribution is 2.23. The lowest BCUT2D eigenvalue weighted by atomic mass is 10.1. The van der Waals surface area contributed by atoms with Crippen LogP contribution in [0.3, 0.4) is 0 Å². The number of alkyl halides is 2. The van der Waals surface area contributed by atoms with E-state index in [-0.39, 0.29) is 5.97 Å². The summed E-state index contributed by atoms with van der Waals surface area (Å²) in [5.41, 5.74) is 3.12. The smallest absolute Gasteiger partial charge is 0.305 e. The quantitative estimate of drug-likeness (QED) is 0.169. The molecule has 2 aromatic rings. The Hall–Kier alpha value is -1.46. The number of anilines is 1. The fourth-order valence-corrected chi connectivity index (χ4v) is 4.17. The molecule has 0 bridgehead atoms. The summed E-state index contributed by atoms with van der Waals surface area (Å²) in [6.45, 7) is 4.26. The van der Waals surface area contributed by atoms with Crippen molar-refractivity contribution >= 4 is 45.9 Å². The van der Waals surface area contributed by atoms with Crippen LogP contribution in [0.25, 0.3) is 11.0 Å². The van der Waals surface area contributed by atoms with Gasteiger partial charge in [0, 0.05) is 50.4 Å². The van der Waals surface area contributed by atoms with Gasteiger partial charge in [-0.2, -0.15) is 0 Å². The molecular weight excluding hydrogens is 433 g/mol. The molecule has 0 radical (unpaired) electrons. The molecule has 0 saturated heterocycles. The average molecular weight is 470 g/mol. The summed E-state index contributed by atoms with van der Waals surface area (Å²) in [5.74, 6) is 1.99. The average Bonchev–Trinajstić information content (AvgIpc) is 3.08. The van der Waals surface area contributed by atoms with Crippen molar-refractivity contribution in [2.24, 2.45) is 7.05 Å². The molecule has 0 atom stereocenters. The Morgan fingerprint density at radius 1 is 1.06 bits per heavy atom. The summed E-state index contributed by atoms with van der Waals surface area (Å²) in [6, 6.07) is 6.27. The first-order valence-electron chi connectivity index (χ1n) is 11.6. The first-order chi connectivity index (χ1) is 15.1. The number of hydrogen-bond donors (Lipinski definition) is 0. The van der Waals surface area contributed by atoms with Crippen LogP contribution in [0.4, 0.5) is 5.69 Å². The van der Waals surface area contributed by atoms with Crippen LogP contribution in [0.15, 0.2) is 18.2 Å².